The van der Waals surface area contributed by atoms with Crippen molar-refractivity contribution in [3.8, 4) is 0 Å². The zero-order valence-corrected chi connectivity index (χ0v) is 33.5. The second kappa shape index (κ2) is 18.7. The molecule has 0 aliphatic carbocycles. The van der Waals surface area contributed by atoms with Crippen LogP contribution >= 0.6 is 15.9 Å². The van der Waals surface area contributed by atoms with Crippen LogP contribution in [0.5, 0.6) is 0 Å². The largest absolute Gasteiger partial charge is 0.455 e. The van der Waals surface area contributed by atoms with Gasteiger partial charge in [-0.25, -0.2) is 0 Å². The summed E-state index contributed by atoms with van der Waals surface area (Å²) >= 11 is 3.78. The van der Waals surface area contributed by atoms with Crippen LogP contribution in [0.1, 0.15) is 56.6 Å². The van der Waals surface area contributed by atoms with E-state index in [1.165, 1.54) is 7.11 Å². The zero-order chi connectivity index (χ0) is 39.8. The monoisotopic (exact) mass is 829 g/mol. The molecule has 11 nitrogen and oxygen atoms in total. The molecule has 12 heteroatoms. The molecule has 3 aromatic rings. The summed E-state index contributed by atoms with van der Waals surface area (Å²) in [6.45, 7) is 8.26. The predicted molar refractivity (Wildman–Crippen MR) is 218 cm³/mol. The minimum absolute atomic E-state index is 0.0547. The number of carbonyl (C=O) groups excluding carboxylic acids is 4. The van der Waals surface area contributed by atoms with Gasteiger partial charge in [0, 0.05) is 43.7 Å². The minimum atomic E-state index is -1.31. The number of methoxy groups -OCH3 is 1. The summed E-state index contributed by atoms with van der Waals surface area (Å²) in [5.74, 6) is -3.55. The van der Waals surface area contributed by atoms with Crippen LogP contribution < -0.4 is 10.2 Å². The maximum Gasteiger partial charge on any atom is 0.313 e. The first-order valence-corrected chi connectivity index (χ1v) is 20.4. The van der Waals surface area contributed by atoms with Gasteiger partial charge >= 0.3 is 5.97 Å². The van der Waals surface area contributed by atoms with E-state index in [1.54, 1.807) is 22.0 Å². The molecule has 0 radical (unpaired) electrons. The number of fused-ring (bicyclic) bond motifs is 2. The SMILES string of the molecule is C=CCCC(=O)N[C@H](COC)[C@H](OC(=O)[C@H]1[C@@H]2O[C@@]3(CC2Br)[C@@H]1C(=O)N(CCCCCCO)[C@@H]3C(=O)N(CC=C)c1ccc2ccccc2c1)c1ccccc1. The van der Waals surface area contributed by atoms with E-state index in [2.05, 4.69) is 34.4 Å². The highest BCUT2D eigenvalue weighted by molar-refractivity contribution is 9.09. The predicted octanol–water partition coefficient (Wildman–Crippen LogP) is 6.04. The topological polar surface area (TPSA) is 135 Å². The molecule has 3 aromatic carbocycles. The molecule has 3 aliphatic rings. The van der Waals surface area contributed by atoms with Gasteiger partial charge in [0.1, 0.15) is 17.7 Å². The Bertz CT molecular complexity index is 1890. The Hall–Kier alpha value is -4.36. The van der Waals surface area contributed by atoms with Crippen LogP contribution in [0.15, 0.2) is 98.1 Å². The Labute approximate surface area is 337 Å². The van der Waals surface area contributed by atoms with E-state index < -0.39 is 47.7 Å². The summed E-state index contributed by atoms with van der Waals surface area (Å²) < 4.78 is 18.7. The van der Waals surface area contributed by atoms with Gasteiger partial charge in [-0.2, -0.15) is 0 Å². The lowest BCUT2D eigenvalue weighted by Crippen LogP contribution is -2.57. The van der Waals surface area contributed by atoms with Gasteiger partial charge in [-0.1, -0.05) is 102 Å². The Balaban J connectivity index is 1.36. The third-order valence-corrected chi connectivity index (χ3v) is 12.1. The highest BCUT2D eigenvalue weighted by atomic mass is 79.9. The maximum atomic E-state index is 15.2. The molecule has 0 aromatic heterocycles. The molecule has 0 saturated carbocycles. The molecule has 3 fully saturated rings. The van der Waals surface area contributed by atoms with Crippen LogP contribution in [0, 0.1) is 11.8 Å². The number of likely N-dealkylation sites (tertiary alicyclic amines) is 1. The highest BCUT2D eigenvalue weighted by Crippen LogP contribution is 2.60. The maximum absolute atomic E-state index is 15.2. The number of amides is 3. The molecule has 3 heterocycles. The number of carbonyl (C=O) groups is 4. The van der Waals surface area contributed by atoms with Crippen molar-refractivity contribution in [2.45, 2.75) is 79.7 Å². The van der Waals surface area contributed by atoms with Crippen molar-refractivity contribution in [2.24, 2.45) is 11.8 Å². The number of nitrogens with zero attached hydrogens (tertiary/aromatic N) is 2. The number of hydrogen-bond acceptors (Lipinski definition) is 8. The lowest BCUT2D eigenvalue weighted by atomic mass is 9.70. The second-order valence-corrected chi connectivity index (χ2v) is 16.0. The van der Waals surface area contributed by atoms with Gasteiger partial charge in [0.25, 0.3) is 5.91 Å². The Morgan fingerprint density at radius 1 is 1.04 bits per heavy atom. The summed E-state index contributed by atoms with van der Waals surface area (Å²) in [4.78, 5) is 60.6. The Morgan fingerprint density at radius 2 is 1.77 bits per heavy atom. The van der Waals surface area contributed by atoms with Gasteiger partial charge in [0.05, 0.1) is 30.6 Å². The quantitative estimate of drug-likeness (QED) is 0.0610. The number of alkyl halides is 1. The fraction of sp³-hybridized carbons (Fsp3) is 0.455. The average molecular weight is 831 g/mol. The van der Waals surface area contributed by atoms with Crippen molar-refractivity contribution >= 4 is 56.1 Å². The lowest BCUT2D eigenvalue weighted by Gasteiger charge is -2.37. The van der Waals surface area contributed by atoms with Crippen LogP contribution in [0.3, 0.4) is 0 Å². The number of benzene rings is 3. The molecule has 3 saturated heterocycles. The number of allylic oxidation sites excluding steroid dienone is 1. The molecule has 1 unspecified atom stereocenters. The van der Waals surface area contributed by atoms with Crippen LogP contribution in [0.2, 0.25) is 0 Å². The standard InChI is InChI=1S/C44H52BrN3O8/c1-4-6-20-35(50)46-34(28-54-3)38(30-17-10-9-11-18-30)55-43(53)36-37-41(51)48(24-14-7-8-15-25-49)40(44(37)27-33(45)39(36)56-44)42(52)47(23-5-2)32-22-21-29-16-12-13-19-31(29)26-32/h4-5,9-13,16-19,21-22,26,33-34,36-40,49H,1-2,6-8,14-15,20,23-25,27-28H2,3H3,(H,46,50)/t33?,34-,36-,37+,38-,39-,40-,44+/m1/s1. The molecule has 3 amide bonds. The number of aliphatic hydroxyl groups excluding tert-OH is 1. The van der Waals surface area contributed by atoms with E-state index >= 15 is 4.79 Å². The summed E-state index contributed by atoms with van der Waals surface area (Å²) in [5.41, 5.74) is -0.00919. The molecular weight excluding hydrogens is 778 g/mol. The molecule has 56 heavy (non-hydrogen) atoms. The number of ether oxygens (including phenoxy) is 3. The normalized spacial score (nSPS) is 24.7. The number of esters is 1. The van der Waals surface area contributed by atoms with E-state index in [0.717, 1.165) is 23.6 Å². The van der Waals surface area contributed by atoms with Crippen molar-refractivity contribution < 1.29 is 38.5 Å². The number of halogens is 1. The number of rotatable bonds is 20. The van der Waals surface area contributed by atoms with Gasteiger partial charge < -0.3 is 34.4 Å². The Kier molecular flexibility index (Phi) is 13.8. The van der Waals surface area contributed by atoms with Gasteiger partial charge in [0.15, 0.2) is 0 Å². The molecule has 6 rings (SSSR count). The van der Waals surface area contributed by atoms with Crippen molar-refractivity contribution in [2.75, 3.05) is 38.3 Å². The first-order chi connectivity index (χ1) is 27.2. The van der Waals surface area contributed by atoms with E-state index in [1.807, 2.05) is 72.8 Å². The first kappa shape index (κ1) is 41.3. The highest BCUT2D eigenvalue weighted by Gasteiger charge is 2.77. The molecule has 1 spiro atoms. The van der Waals surface area contributed by atoms with E-state index in [-0.39, 0.29) is 55.3 Å². The molecule has 298 valence electrons. The molecule has 8 atom stereocenters. The number of hydrogen-bond donors (Lipinski definition) is 2. The van der Waals surface area contributed by atoms with Gasteiger partial charge in [-0.05, 0) is 54.2 Å². The van der Waals surface area contributed by atoms with Crippen molar-refractivity contribution in [3.63, 3.8) is 0 Å². The fourth-order valence-corrected chi connectivity index (χ4v) is 9.68. The zero-order valence-electron chi connectivity index (χ0n) is 31.9. The molecule has 3 aliphatic heterocycles. The van der Waals surface area contributed by atoms with Gasteiger partial charge in [0.2, 0.25) is 11.8 Å². The van der Waals surface area contributed by atoms with Crippen molar-refractivity contribution in [3.05, 3.63) is 104 Å². The van der Waals surface area contributed by atoms with Gasteiger partial charge in [-0.3, -0.25) is 19.2 Å². The average Bonchev–Trinajstić information content (AvgIpc) is 3.80. The summed E-state index contributed by atoms with van der Waals surface area (Å²) in [6, 6.07) is 21.1. The van der Waals surface area contributed by atoms with E-state index in [4.69, 9.17) is 14.2 Å². The number of aliphatic hydroxyl groups is 1. The smallest absolute Gasteiger partial charge is 0.313 e. The third kappa shape index (κ3) is 8.34. The van der Waals surface area contributed by atoms with Crippen LogP contribution in [0.4, 0.5) is 5.69 Å². The molecular formula is C44H52BrN3O8. The second-order valence-electron chi connectivity index (χ2n) is 14.8. The molecule has 2 N–H and O–H groups in total. The van der Waals surface area contributed by atoms with E-state index in [9.17, 15) is 19.5 Å². The van der Waals surface area contributed by atoms with Crippen molar-refractivity contribution in [1.29, 1.82) is 0 Å². The third-order valence-electron chi connectivity index (χ3n) is 11.2. The number of nitrogens with one attached hydrogen (secondary N) is 1. The lowest BCUT2D eigenvalue weighted by molar-refractivity contribution is -0.163. The Morgan fingerprint density at radius 3 is 2.48 bits per heavy atom. The van der Waals surface area contributed by atoms with Crippen molar-refractivity contribution in [1.82, 2.24) is 10.2 Å². The first-order valence-electron chi connectivity index (χ1n) is 19.5. The number of anilines is 1. The van der Waals surface area contributed by atoms with E-state index in [0.29, 0.717) is 36.9 Å². The summed E-state index contributed by atoms with van der Waals surface area (Å²) in [6.07, 6.45) is 5.41. The van der Waals surface area contributed by atoms with Crippen LogP contribution in [-0.2, 0) is 33.4 Å². The summed E-state index contributed by atoms with van der Waals surface area (Å²) in [7, 11) is 1.51. The fourth-order valence-electron chi connectivity index (χ4n) is 8.74. The number of unbranched alkanes of at least 4 members (excludes halogenated alkanes) is 3. The minimum Gasteiger partial charge on any atom is -0.455 e. The molecule has 2 bridgehead atoms. The van der Waals surface area contributed by atoms with Crippen LogP contribution in [0.25, 0.3) is 10.8 Å². The van der Waals surface area contributed by atoms with Gasteiger partial charge in [-0.15, -0.1) is 13.2 Å². The van der Waals surface area contributed by atoms with Crippen LogP contribution in [-0.4, -0.2) is 95.7 Å². The summed E-state index contributed by atoms with van der Waals surface area (Å²) in [5, 5.41) is 14.3.